The third-order valence-electron chi connectivity index (χ3n) is 4.43. The standard InChI is InChI=1S/C14H22N2O3S2/c1-2-15-7-8-19-13-11-16(6-5-12(13)10-15)21(17,18)14-4-3-9-20-14/h3-4,9,12-13H,2,5-8,10-11H2,1H3/t12-,13-/m1/s1. The van der Waals surface area contributed by atoms with Crippen LogP contribution in [0.25, 0.3) is 0 Å². The number of fused-ring (bicyclic) bond motifs is 1. The second-order valence-corrected chi connectivity index (χ2v) is 8.76. The lowest BCUT2D eigenvalue weighted by atomic mass is 9.94. The maximum absolute atomic E-state index is 12.6. The minimum absolute atomic E-state index is 0.0324. The molecule has 2 fully saturated rings. The van der Waals surface area contributed by atoms with E-state index in [2.05, 4.69) is 11.8 Å². The second kappa shape index (κ2) is 6.34. The summed E-state index contributed by atoms with van der Waals surface area (Å²) in [6, 6.07) is 3.46. The van der Waals surface area contributed by atoms with Crippen molar-refractivity contribution in [3.63, 3.8) is 0 Å². The molecule has 0 unspecified atom stereocenters. The van der Waals surface area contributed by atoms with Crippen molar-refractivity contribution in [3.05, 3.63) is 17.5 Å². The quantitative estimate of drug-likeness (QED) is 0.842. The molecular formula is C14H22N2O3S2. The molecule has 0 radical (unpaired) electrons. The SMILES string of the molecule is CCN1CCO[C@@H]2CN(S(=O)(=O)c3cccs3)CC[C@@H]2C1. The second-order valence-electron chi connectivity index (χ2n) is 5.65. The van der Waals surface area contributed by atoms with E-state index in [0.29, 0.717) is 29.8 Å². The van der Waals surface area contributed by atoms with Crippen LogP contribution in [0.3, 0.4) is 0 Å². The van der Waals surface area contributed by atoms with Gasteiger partial charge in [0.25, 0.3) is 10.0 Å². The maximum Gasteiger partial charge on any atom is 0.252 e. The number of piperidine rings is 1. The van der Waals surface area contributed by atoms with Gasteiger partial charge in [-0.25, -0.2) is 8.42 Å². The van der Waals surface area contributed by atoms with E-state index in [-0.39, 0.29) is 6.10 Å². The summed E-state index contributed by atoms with van der Waals surface area (Å²) < 4.78 is 33.2. The predicted molar refractivity (Wildman–Crippen MR) is 83.0 cm³/mol. The molecule has 118 valence electrons. The highest BCUT2D eigenvalue weighted by atomic mass is 32.2. The van der Waals surface area contributed by atoms with Crippen LogP contribution in [-0.4, -0.2) is 63.1 Å². The molecule has 5 nitrogen and oxygen atoms in total. The zero-order chi connectivity index (χ0) is 14.9. The first-order valence-corrected chi connectivity index (χ1v) is 9.81. The summed E-state index contributed by atoms with van der Waals surface area (Å²) in [5.41, 5.74) is 0. The van der Waals surface area contributed by atoms with Crippen LogP contribution in [0.2, 0.25) is 0 Å². The fourth-order valence-electron chi connectivity index (χ4n) is 3.13. The highest BCUT2D eigenvalue weighted by molar-refractivity contribution is 7.91. The van der Waals surface area contributed by atoms with Crippen LogP contribution in [0, 0.1) is 5.92 Å². The first-order valence-electron chi connectivity index (χ1n) is 7.49. The van der Waals surface area contributed by atoms with Crippen molar-refractivity contribution in [3.8, 4) is 0 Å². The summed E-state index contributed by atoms with van der Waals surface area (Å²) >= 11 is 1.28. The highest BCUT2D eigenvalue weighted by Crippen LogP contribution is 2.29. The Balaban J connectivity index is 1.73. The van der Waals surface area contributed by atoms with Crippen LogP contribution in [-0.2, 0) is 14.8 Å². The molecule has 2 saturated heterocycles. The Kier molecular flexibility index (Phi) is 4.66. The van der Waals surface area contributed by atoms with E-state index in [9.17, 15) is 8.42 Å². The molecule has 7 heteroatoms. The molecule has 0 saturated carbocycles. The summed E-state index contributed by atoms with van der Waals surface area (Å²) in [6.45, 7) is 6.95. The van der Waals surface area contributed by atoms with Crippen molar-refractivity contribution < 1.29 is 13.2 Å². The van der Waals surface area contributed by atoms with E-state index >= 15 is 0 Å². The summed E-state index contributed by atoms with van der Waals surface area (Å²) in [4.78, 5) is 2.40. The van der Waals surface area contributed by atoms with Crippen LogP contribution < -0.4 is 0 Å². The predicted octanol–water partition coefficient (Wildman–Crippen LogP) is 1.48. The Labute approximate surface area is 130 Å². The Morgan fingerprint density at radius 3 is 2.95 bits per heavy atom. The number of thiophene rings is 1. The number of sulfonamides is 1. The molecule has 2 aliphatic heterocycles. The molecule has 2 aliphatic rings. The van der Waals surface area contributed by atoms with Crippen molar-refractivity contribution in [2.24, 2.45) is 5.92 Å². The van der Waals surface area contributed by atoms with E-state index in [1.807, 2.05) is 0 Å². The van der Waals surface area contributed by atoms with E-state index in [1.165, 1.54) is 11.3 Å². The molecule has 0 N–H and O–H groups in total. The minimum atomic E-state index is -3.34. The van der Waals surface area contributed by atoms with Crippen LogP contribution in [0.4, 0.5) is 0 Å². The van der Waals surface area contributed by atoms with Gasteiger partial charge >= 0.3 is 0 Å². The Morgan fingerprint density at radius 1 is 1.38 bits per heavy atom. The van der Waals surface area contributed by atoms with E-state index < -0.39 is 10.0 Å². The van der Waals surface area contributed by atoms with Gasteiger partial charge in [-0.05, 0) is 24.4 Å². The summed E-state index contributed by atoms with van der Waals surface area (Å²) in [7, 11) is -3.34. The van der Waals surface area contributed by atoms with Gasteiger partial charge in [0.2, 0.25) is 0 Å². The van der Waals surface area contributed by atoms with Crippen LogP contribution in [0.5, 0.6) is 0 Å². The largest absolute Gasteiger partial charge is 0.375 e. The van der Waals surface area contributed by atoms with Crippen LogP contribution in [0.1, 0.15) is 13.3 Å². The maximum atomic E-state index is 12.6. The molecule has 3 heterocycles. The van der Waals surface area contributed by atoms with Crippen molar-refractivity contribution >= 4 is 21.4 Å². The van der Waals surface area contributed by atoms with Gasteiger partial charge in [0.05, 0.1) is 12.7 Å². The number of nitrogens with zero attached hydrogens (tertiary/aromatic N) is 2. The summed E-state index contributed by atoms with van der Waals surface area (Å²) in [6.07, 6.45) is 0.913. The van der Waals surface area contributed by atoms with Gasteiger partial charge in [0.15, 0.2) is 0 Å². The normalized spacial score (nSPS) is 29.0. The lowest BCUT2D eigenvalue weighted by Crippen LogP contribution is -2.48. The average molecular weight is 330 g/mol. The molecule has 0 bridgehead atoms. The number of rotatable bonds is 3. The molecule has 1 aromatic rings. The molecule has 0 amide bonds. The highest BCUT2D eigenvalue weighted by Gasteiger charge is 2.38. The monoisotopic (exact) mass is 330 g/mol. The van der Waals surface area contributed by atoms with Crippen LogP contribution >= 0.6 is 11.3 Å². The molecule has 0 aliphatic carbocycles. The smallest absolute Gasteiger partial charge is 0.252 e. The van der Waals surface area contributed by atoms with E-state index in [4.69, 9.17) is 4.74 Å². The first-order chi connectivity index (χ1) is 10.1. The molecular weight excluding hydrogens is 308 g/mol. The zero-order valence-electron chi connectivity index (χ0n) is 12.3. The Morgan fingerprint density at radius 2 is 2.24 bits per heavy atom. The van der Waals surface area contributed by atoms with E-state index in [0.717, 1.165) is 26.1 Å². The van der Waals surface area contributed by atoms with Gasteiger partial charge in [-0.1, -0.05) is 13.0 Å². The third-order valence-corrected chi connectivity index (χ3v) is 7.67. The number of ether oxygens (including phenoxy) is 1. The lowest BCUT2D eigenvalue weighted by Gasteiger charge is -2.37. The van der Waals surface area contributed by atoms with Crippen LogP contribution in [0.15, 0.2) is 21.7 Å². The number of hydrogen-bond acceptors (Lipinski definition) is 5. The average Bonchev–Trinajstić information content (AvgIpc) is 2.94. The van der Waals surface area contributed by atoms with Gasteiger partial charge in [0, 0.05) is 32.1 Å². The lowest BCUT2D eigenvalue weighted by molar-refractivity contribution is -0.00185. The zero-order valence-corrected chi connectivity index (χ0v) is 13.9. The van der Waals surface area contributed by atoms with E-state index in [1.54, 1.807) is 21.8 Å². The number of hydrogen-bond donors (Lipinski definition) is 0. The topological polar surface area (TPSA) is 49.9 Å². The summed E-state index contributed by atoms with van der Waals surface area (Å²) in [5.74, 6) is 0.447. The fraction of sp³-hybridized carbons (Fsp3) is 0.714. The van der Waals surface area contributed by atoms with Gasteiger partial charge in [-0.3, -0.25) is 0 Å². The number of likely N-dealkylation sites (N-methyl/N-ethyl adjacent to an activating group) is 1. The van der Waals surface area contributed by atoms with Gasteiger partial charge < -0.3 is 9.64 Å². The minimum Gasteiger partial charge on any atom is -0.375 e. The molecule has 3 rings (SSSR count). The van der Waals surface area contributed by atoms with Crippen molar-refractivity contribution in [2.75, 3.05) is 39.3 Å². The van der Waals surface area contributed by atoms with Crippen molar-refractivity contribution in [1.82, 2.24) is 9.21 Å². The Bertz CT molecular complexity index is 559. The van der Waals surface area contributed by atoms with Gasteiger partial charge in [0.1, 0.15) is 4.21 Å². The summed E-state index contributed by atoms with van der Waals surface area (Å²) in [5, 5.41) is 1.81. The van der Waals surface area contributed by atoms with Gasteiger partial charge in [-0.15, -0.1) is 11.3 Å². The third kappa shape index (κ3) is 3.17. The molecule has 1 aromatic heterocycles. The molecule has 0 aromatic carbocycles. The first kappa shape index (κ1) is 15.4. The molecule has 21 heavy (non-hydrogen) atoms. The molecule has 0 spiro atoms. The molecule has 2 atom stereocenters. The van der Waals surface area contributed by atoms with Gasteiger partial charge in [-0.2, -0.15) is 4.31 Å². The Hall–Kier alpha value is -0.470. The fourth-order valence-corrected chi connectivity index (χ4v) is 5.75. The van der Waals surface area contributed by atoms with Crippen molar-refractivity contribution in [1.29, 1.82) is 0 Å². The van der Waals surface area contributed by atoms with Crippen molar-refractivity contribution in [2.45, 2.75) is 23.7 Å².